The lowest BCUT2D eigenvalue weighted by molar-refractivity contribution is 0.551. The molecular formula is C15H15Cl2FN2. The molecule has 0 saturated heterocycles. The first-order valence-corrected chi connectivity index (χ1v) is 7.09. The van der Waals surface area contributed by atoms with Crippen LogP contribution in [0.4, 0.5) is 4.39 Å². The Morgan fingerprint density at radius 1 is 1.30 bits per heavy atom. The number of aromatic nitrogens is 1. The highest BCUT2D eigenvalue weighted by Gasteiger charge is 2.21. The first kappa shape index (κ1) is 15.2. The van der Waals surface area contributed by atoms with Crippen molar-refractivity contribution >= 4 is 23.2 Å². The molecule has 0 amide bonds. The quantitative estimate of drug-likeness (QED) is 0.896. The number of aryl methyl sites for hydroxylation is 1. The molecule has 1 unspecified atom stereocenters. The summed E-state index contributed by atoms with van der Waals surface area (Å²) in [7, 11) is 0. The molecule has 2 nitrogen and oxygen atoms in total. The molecule has 0 aliphatic carbocycles. The molecule has 2 aromatic rings. The molecule has 1 aromatic heterocycles. The van der Waals surface area contributed by atoms with Gasteiger partial charge in [0.1, 0.15) is 5.82 Å². The van der Waals surface area contributed by atoms with Crippen molar-refractivity contribution in [1.29, 1.82) is 0 Å². The predicted octanol–water partition coefficient (Wildman–Crippen LogP) is 4.53. The van der Waals surface area contributed by atoms with Crippen LogP contribution in [0.25, 0.3) is 0 Å². The van der Waals surface area contributed by atoms with Crippen molar-refractivity contribution in [3.63, 3.8) is 0 Å². The van der Waals surface area contributed by atoms with Crippen LogP contribution in [0.5, 0.6) is 0 Å². The molecule has 0 bridgehead atoms. The summed E-state index contributed by atoms with van der Waals surface area (Å²) in [6.45, 7) is 4.53. The Labute approximate surface area is 127 Å². The minimum absolute atomic E-state index is 0.283. The van der Waals surface area contributed by atoms with E-state index in [-0.39, 0.29) is 5.82 Å². The van der Waals surface area contributed by atoms with Crippen LogP contribution in [-0.2, 0) is 0 Å². The third kappa shape index (κ3) is 3.29. The maximum Gasteiger partial charge on any atom is 0.128 e. The third-order valence-electron chi connectivity index (χ3n) is 2.98. The van der Waals surface area contributed by atoms with E-state index in [9.17, 15) is 4.39 Å². The number of rotatable bonds is 4. The molecule has 106 valence electrons. The van der Waals surface area contributed by atoms with Gasteiger partial charge in [-0.15, -0.1) is 0 Å². The van der Waals surface area contributed by atoms with E-state index in [0.717, 1.165) is 5.56 Å². The number of hydrogen-bond donors (Lipinski definition) is 1. The molecular weight excluding hydrogens is 298 g/mol. The van der Waals surface area contributed by atoms with Gasteiger partial charge in [-0.2, -0.15) is 0 Å². The lowest BCUT2D eigenvalue weighted by atomic mass is 10.00. The highest BCUT2D eigenvalue weighted by atomic mass is 35.5. The van der Waals surface area contributed by atoms with E-state index in [2.05, 4.69) is 10.3 Å². The van der Waals surface area contributed by atoms with Gasteiger partial charge in [0.05, 0.1) is 21.8 Å². The van der Waals surface area contributed by atoms with Gasteiger partial charge in [-0.05, 0) is 25.6 Å². The number of nitrogens with zero attached hydrogens (tertiary/aromatic N) is 1. The van der Waals surface area contributed by atoms with Gasteiger partial charge in [-0.25, -0.2) is 4.39 Å². The van der Waals surface area contributed by atoms with Crippen LogP contribution in [0, 0.1) is 12.7 Å². The summed E-state index contributed by atoms with van der Waals surface area (Å²) in [6.07, 6.45) is 1.51. The van der Waals surface area contributed by atoms with Crippen LogP contribution >= 0.6 is 23.2 Å². The minimum atomic E-state index is -0.398. The van der Waals surface area contributed by atoms with E-state index in [0.29, 0.717) is 27.8 Å². The average molecular weight is 313 g/mol. The molecule has 0 fully saturated rings. The van der Waals surface area contributed by atoms with Gasteiger partial charge >= 0.3 is 0 Å². The van der Waals surface area contributed by atoms with Crippen molar-refractivity contribution in [2.24, 2.45) is 0 Å². The van der Waals surface area contributed by atoms with E-state index in [4.69, 9.17) is 23.2 Å². The van der Waals surface area contributed by atoms with Gasteiger partial charge in [-0.1, -0.05) is 47.8 Å². The Morgan fingerprint density at radius 3 is 2.70 bits per heavy atom. The van der Waals surface area contributed by atoms with Crippen LogP contribution in [0.3, 0.4) is 0 Å². The number of halogens is 3. The fourth-order valence-electron chi connectivity index (χ4n) is 2.08. The van der Waals surface area contributed by atoms with Gasteiger partial charge < -0.3 is 5.32 Å². The van der Waals surface area contributed by atoms with E-state index in [1.807, 2.05) is 13.8 Å². The molecule has 5 heteroatoms. The largest absolute Gasteiger partial charge is 0.305 e. The second-order valence-electron chi connectivity index (χ2n) is 4.54. The van der Waals surface area contributed by atoms with E-state index < -0.39 is 6.04 Å². The van der Waals surface area contributed by atoms with E-state index in [1.54, 1.807) is 18.2 Å². The first-order valence-electron chi connectivity index (χ1n) is 6.33. The number of hydrogen-bond acceptors (Lipinski definition) is 2. The topological polar surface area (TPSA) is 24.9 Å². The summed E-state index contributed by atoms with van der Waals surface area (Å²) in [4.78, 5) is 4.25. The number of nitrogens with one attached hydrogen (secondary N) is 1. The zero-order valence-corrected chi connectivity index (χ0v) is 12.8. The molecule has 20 heavy (non-hydrogen) atoms. The summed E-state index contributed by atoms with van der Waals surface area (Å²) in [5.41, 5.74) is 2.08. The summed E-state index contributed by atoms with van der Waals surface area (Å²) >= 11 is 12.1. The monoisotopic (exact) mass is 312 g/mol. The number of benzene rings is 1. The fraction of sp³-hybridized carbons (Fsp3) is 0.267. The minimum Gasteiger partial charge on any atom is -0.305 e. The van der Waals surface area contributed by atoms with Gasteiger partial charge in [0, 0.05) is 11.8 Å². The second kappa shape index (κ2) is 6.53. The Hall–Kier alpha value is -1.16. The smallest absolute Gasteiger partial charge is 0.128 e. The van der Waals surface area contributed by atoms with Crippen molar-refractivity contribution in [2.75, 3.05) is 6.54 Å². The molecule has 0 aliphatic heterocycles. The van der Waals surface area contributed by atoms with E-state index in [1.165, 1.54) is 12.3 Å². The summed E-state index contributed by atoms with van der Waals surface area (Å²) < 4.78 is 14.1. The highest BCUT2D eigenvalue weighted by molar-refractivity contribution is 6.34. The van der Waals surface area contributed by atoms with Crippen LogP contribution in [0.1, 0.15) is 29.8 Å². The maximum atomic E-state index is 14.1. The van der Waals surface area contributed by atoms with Gasteiger partial charge in [0.25, 0.3) is 0 Å². The molecule has 1 atom stereocenters. The van der Waals surface area contributed by atoms with Crippen molar-refractivity contribution < 1.29 is 4.39 Å². The number of pyridine rings is 1. The molecule has 1 N–H and O–H groups in total. The lowest BCUT2D eigenvalue weighted by Crippen LogP contribution is -2.24. The van der Waals surface area contributed by atoms with Crippen LogP contribution in [0.2, 0.25) is 10.0 Å². The Balaban J connectivity index is 2.53. The third-order valence-corrected chi connectivity index (χ3v) is 3.49. The molecule has 0 saturated carbocycles. The zero-order valence-electron chi connectivity index (χ0n) is 11.3. The maximum absolute atomic E-state index is 14.1. The lowest BCUT2D eigenvalue weighted by Gasteiger charge is -2.20. The predicted molar refractivity (Wildman–Crippen MR) is 80.9 cm³/mol. The fourth-order valence-corrected chi connectivity index (χ4v) is 2.57. The van der Waals surface area contributed by atoms with Gasteiger partial charge in [0.15, 0.2) is 0 Å². The summed E-state index contributed by atoms with van der Waals surface area (Å²) in [5.74, 6) is -0.283. The van der Waals surface area contributed by atoms with Gasteiger partial charge in [0.2, 0.25) is 0 Å². The molecule has 1 heterocycles. The standard InChI is InChI=1S/C15H15Cl2FN2/c1-3-19-14(11-6-9(2)4-5-13(11)18)15-12(17)7-10(16)8-20-15/h4-8,14,19H,3H2,1-2H3. The Kier molecular flexibility index (Phi) is 4.97. The molecule has 1 aromatic carbocycles. The SMILES string of the molecule is CCNC(c1cc(C)ccc1F)c1ncc(Cl)cc1Cl. The first-order chi connectivity index (χ1) is 9.52. The van der Waals surface area contributed by atoms with Crippen molar-refractivity contribution in [3.05, 3.63) is 63.1 Å². The molecule has 0 radical (unpaired) electrons. The summed E-state index contributed by atoms with van der Waals surface area (Å²) in [6, 6.07) is 6.21. The normalized spacial score (nSPS) is 12.4. The van der Waals surface area contributed by atoms with Crippen molar-refractivity contribution in [1.82, 2.24) is 10.3 Å². The Bertz CT molecular complexity index is 617. The van der Waals surface area contributed by atoms with E-state index >= 15 is 0 Å². The highest BCUT2D eigenvalue weighted by Crippen LogP contribution is 2.30. The molecule has 0 aliphatic rings. The second-order valence-corrected chi connectivity index (χ2v) is 5.38. The molecule has 0 spiro atoms. The Morgan fingerprint density at radius 2 is 2.05 bits per heavy atom. The molecule has 2 rings (SSSR count). The van der Waals surface area contributed by atoms with Crippen molar-refractivity contribution in [2.45, 2.75) is 19.9 Å². The average Bonchev–Trinajstić information content (AvgIpc) is 2.40. The van der Waals surface area contributed by atoms with Crippen molar-refractivity contribution in [3.8, 4) is 0 Å². The van der Waals surface area contributed by atoms with Crippen LogP contribution in [0.15, 0.2) is 30.5 Å². The summed E-state index contributed by atoms with van der Waals surface area (Å²) in [5, 5.41) is 4.09. The zero-order chi connectivity index (χ0) is 14.7. The van der Waals surface area contributed by atoms with Gasteiger partial charge in [-0.3, -0.25) is 4.98 Å². The van der Waals surface area contributed by atoms with Crippen LogP contribution in [-0.4, -0.2) is 11.5 Å². The van der Waals surface area contributed by atoms with Crippen LogP contribution < -0.4 is 5.32 Å².